The maximum absolute atomic E-state index is 11.8. The minimum atomic E-state index is -0.00655. The SMILES string of the molecule is CC(CCN)SCC(=O)Nc1nc2ccccc2s1. The van der Waals surface area contributed by atoms with Crippen LogP contribution in [-0.4, -0.2) is 28.4 Å². The lowest BCUT2D eigenvalue weighted by molar-refractivity contribution is -0.113. The number of benzene rings is 1. The third-order valence-corrected chi connectivity index (χ3v) is 4.80. The fraction of sp³-hybridized carbons (Fsp3) is 0.385. The number of thioether (sulfide) groups is 1. The molecule has 6 heteroatoms. The zero-order chi connectivity index (χ0) is 13.7. The standard InChI is InChI=1S/C13H17N3OS2/c1-9(6-7-14)18-8-12(17)16-13-15-10-4-2-3-5-11(10)19-13/h2-5,9H,6-8,14H2,1H3,(H,15,16,17). The molecular formula is C13H17N3OS2. The van der Waals surface area contributed by atoms with Crippen LogP contribution >= 0.6 is 23.1 Å². The molecule has 1 aromatic heterocycles. The zero-order valence-electron chi connectivity index (χ0n) is 10.8. The summed E-state index contributed by atoms with van der Waals surface area (Å²) in [5, 5.41) is 3.92. The Morgan fingerprint density at radius 1 is 1.53 bits per heavy atom. The van der Waals surface area contributed by atoms with Crippen LogP contribution in [0.3, 0.4) is 0 Å². The number of carbonyl (C=O) groups is 1. The molecule has 4 nitrogen and oxygen atoms in total. The van der Waals surface area contributed by atoms with E-state index in [0.717, 1.165) is 16.6 Å². The van der Waals surface area contributed by atoms with Crippen molar-refractivity contribution >= 4 is 44.4 Å². The van der Waals surface area contributed by atoms with Crippen LogP contribution in [-0.2, 0) is 4.79 Å². The fourth-order valence-corrected chi connectivity index (χ4v) is 3.31. The number of nitrogens with one attached hydrogen (secondary N) is 1. The van der Waals surface area contributed by atoms with Gasteiger partial charge < -0.3 is 11.1 Å². The van der Waals surface area contributed by atoms with Gasteiger partial charge >= 0.3 is 0 Å². The molecule has 1 amide bonds. The first kappa shape index (κ1) is 14.3. The van der Waals surface area contributed by atoms with Crippen molar-refractivity contribution in [1.29, 1.82) is 0 Å². The summed E-state index contributed by atoms with van der Waals surface area (Å²) in [6.45, 7) is 2.75. The number of thiazole rings is 1. The number of carbonyl (C=O) groups excluding carboxylic acids is 1. The Labute approximate surface area is 120 Å². The number of para-hydroxylation sites is 1. The van der Waals surface area contributed by atoms with Crippen LogP contribution in [0.25, 0.3) is 10.2 Å². The number of hydrogen-bond acceptors (Lipinski definition) is 5. The van der Waals surface area contributed by atoms with E-state index in [2.05, 4.69) is 17.2 Å². The van der Waals surface area contributed by atoms with Crippen molar-refractivity contribution in [2.75, 3.05) is 17.6 Å². The van der Waals surface area contributed by atoms with E-state index in [0.29, 0.717) is 22.7 Å². The normalized spacial score (nSPS) is 12.5. The van der Waals surface area contributed by atoms with Crippen LogP contribution in [0.15, 0.2) is 24.3 Å². The number of amides is 1. The van der Waals surface area contributed by atoms with E-state index in [1.807, 2.05) is 24.3 Å². The van der Waals surface area contributed by atoms with Gasteiger partial charge in [0.15, 0.2) is 5.13 Å². The lowest BCUT2D eigenvalue weighted by Gasteiger charge is -2.08. The van der Waals surface area contributed by atoms with Crippen LogP contribution in [0.1, 0.15) is 13.3 Å². The van der Waals surface area contributed by atoms with Crippen LogP contribution < -0.4 is 11.1 Å². The Balaban J connectivity index is 1.88. The fourth-order valence-electron chi connectivity index (χ4n) is 1.62. The molecule has 2 rings (SSSR count). The van der Waals surface area contributed by atoms with Crippen molar-refractivity contribution < 1.29 is 4.79 Å². The van der Waals surface area contributed by atoms with Gasteiger partial charge in [-0.2, -0.15) is 0 Å². The summed E-state index contributed by atoms with van der Waals surface area (Å²) < 4.78 is 1.09. The van der Waals surface area contributed by atoms with Crippen molar-refractivity contribution in [3.05, 3.63) is 24.3 Å². The van der Waals surface area contributed by atoms with E-state index >= 15 is 0 Å². The maximum Gasteiger partial charge on any atom is 0.236 e. The van der Waals surface area contributed by atoms with Crippen LogP contribution in [0.4, 0.5) is 5.13 Å². The molecule has 0 bridgehead atoms. The van der Waals surface area contributed by atoms with Crippen LogP contribution in [0.2, 0.25) is 0 Å². The molecule has 0 radical (unpaired) electrons. The second kappa shape index (κ2) is 6.88. The predicted molar refractivity (Wildman–Crippen MR) is 83.8 cm³/mol. The highest BCUT2D eigenvalue weighted by Crippen LogP contribution is 2.25. The van der Waals surface area contributed by atoms with E-state index in [-0.39, 0.29) is 5.91 Å². The van der Waals surface area contributed by atoms with Crippen molar-refractivity contribution in [2.24, 2.45) is 5.73 Å². The van der Waals surface area contributed by atoms with Gasteiger partial charge in [0.2, 0.25) is 5.91 Å². The second-order valence-electron chi connectivity index (χ2n) is 4.23. The van der Waals surface area contributed by atoms with Crippen LogP contribution in [0, 0.1) is 0 Å². The van der Waals surface area contributed by atoms with E-state index < -0.39 is 0 Å². The summed E-state index contributed by atoms with van der Waals surface area (Å²) in [5.74, 6) is 0.435. The highest BCUT2D eigenvalue weighted by molar-refractivity contribution is 8.00. The van der Waals surface area contributed by atoms with Gasteiger partial charge in [0.05, 0.1) is 16.0 Å². The lowest BCUT2D eigenvalue weighted by atomic mass is 10.3. The van der Waals surface area contributed by atoms with Gasteiger partial charge in [-0.05, 0) is 25.1 Å². The van der Waals surface area contributed by atoms with Crippen molar-refractivity contribution in [2.45, 2.75) is 18.6 Å². The quantitative estimate of drug-likeness (QED) is 0.860. The molecule has 2 aromatic rings. The first-order valence-corrected chi connectivity index (χ1v) is 8.02. The molecule has 0 aliphatic carbocycles. The Morgan fingerprint density at radius 2 is 2.32 bits per heavy atom. The highest BCUT2D eigenvalue weighted by Gasteiger charge is 2.09. The Bertz CT molecular complexity index is 523. The number of fused-ring (bicyclic) bond motifs is 1. The van der Waals surface area contributed by atoms with Gasteiger partial charge in [-0.15, -0.1) is 11.8 Å². The molecule has 1 aromatic carbocycles. The zero-order valence-corrected chi connectivity index (χ0v) is 12.4. The molecular weight excluding hydrogens is 278 g/mol. The van der Waals surface area contributed by atoms with Gasteiger partial charge in [0.25, 0.3) is 0 Å². The largest absolute Gasteiger partial charge is 0.330 e. The molecule has 1 heterocycles. The number of hydrogen-bond donors (Lipinski definition) is 2. The second-order valence-corrected chi connectivity index (χ2v) is 6.69. The summed E-state index contributed by atoms with van der Waals surface area (Å²) in [4.78, 5) is 16.2. The van der Waals surface area contributed by atoms with Crippen molar-refractivity contribution in [3.8, 4) is 0 Å². The minimum absolute atomic E-state index is 0.00655. The molecule has 0 saturated heterocycles. The third-order valence-electron chi connectivity index (χ3n) is 2.61. The molecule has 1 atom stereocenters. The van der Waals surface area contributed by atoms with Crippen molar-refractivity contribution in [3.63, 3.8) is 0 Å². The average molecular weight is 295 g/mol. The number of nitrogens with zero attached hydrogens (tertiary/aromatic N) is 1. The minimum Gasteiger partial charge on any atom is -0.330 e. The third kappa shape index (κ3) is 4.19. The summed E-state index contributed by atoms with van der Waals surface area (Å²) in [5.41, 5.74) is 6.40. The Kier molecular flexibility index (Phi) is 5.18. The van der Waals surface area contributed by atoms with Crippen molar-refractivity contribution in [1.82, 2.24) is 4.98 Å². The van der Waals surface area contributed by atoms with E-state index in [9.17, 15) is 4.79 Å². The number of anilines is 1. The summed E-state index contributed by atoms with van der Waals surface area (Å²) in [7, 11) is 0. The predicted octanol–water partition coefficient (Wildman–Crippen LogP) is 2.71. The highest BCUT2D eigenvalue weighted by atomic mass is 32.2. The smallest absolute Gasteiger partial charge is 0.236 e. The van der Waals surface area contributed by atoms with Gasteiger partial charge in [-0.3, -0.25) is 4.79 Å². The van der Waals surface area contributed by atoms with Gasteiger partial charge in [0, 0.05) is 5.25 Å². The lowest BCUT2D eigenvalue weighted by Crippen LogP contribution is -2.16. The molecule has 0 aliphatic rings. The maximum atomic E-state index is 11.8. The van der Waals surface area contributed by atoms with E-state index in [1.54, 1.807) is 11.8 Å². The van der Waals surface area contributed by atoms with E-state index in [4.69, 9.17) is 5.73 Å². The molecule has 0 fully saturated rings. The van der Waals surface area contributed by atoms with Crippen LogP contribution in [0.5, 0.6) is 0 Å². The average Bonchev–Trinajstić information content (AvgIpc) is 2.78. The van der Waals surface area contributed by atoms with Gasteiger partial charge in [-0.1, -0.05) is 30.4 Å². The molecule has 19 heavy (non-hydrogen) atoms. The molecule has 102 valence electrons. The summed E-state index contributed by atoms with van der Waals surface area (Å²) in [6, 6.07) is 7.86. The van der Waals surface area contributed by atoms with Gasteiger partial charge in [-0.25, -0.2) is 4.98 Å². The van der Waals surface area contributed by atoms with E-state index in [1.165, 1.54) is 11.3 Å². The molecule has 1 unspecified atom stereocenters. The Hall–Kier alpha value is -1.11. The molecule has 0 saturated carbocycles. The number of nitrogens with two attached hydrogens (primary N) is 1. The molecule has 3 N–H and O–H groups in total. The summed E-state index contributed by atoms with van der Waals surface area (Å²) in [6.07, 6.45) is 0.930. The molecule has 0 aliphatic heterocycles. The molecule has 0 spiro atoms. The number of rotatable bonds is 6. The first-order valence-electron chi connectivity index (χ1n) is 6.16. The number of aromatic nitrogens is 1. The Morgan fingerprint density at radius 3 is 3.05 bits per heavy atom. The monoisotopic (exact) mass is 295 g/mol. The van der Waals surface area contributed by atoms with Gasteiger partial charge in [0.1, 0.15) is 0 Å². The first-order chi connectivity index (χ1) is 9.19. The topological polar surface area (TPSA) is 68.0 Å². The summed E-state index contributed by atoms with van der Waals surface area (Å²) >= 11 is 3.12.